The second kappa shape index (κ2) is 17.4. The summed E-state index contributed by atoms with van der Waals surface area (Å²) in [5.41, 5.74) is 0.415. The van der Waals surface area contributed by atoms with E-state index in [0.29, 0.717) is 67.9 Å². The van der Waals surface area contributed by atoms with Gasteiger partial charge in [0.1, 0.15) is 35.2 Å². The number of ether oxygens (including phenoxy) is 2. The van der Waals surface area contributed by atoms with Gasteiger partial charge in [0.15, 0.2) is 0 Å². The van der Waals surface area contributed by atoms with Crippen molar-refractivity contribution < 1.29 is 38.6 Å². The van der Waals surface area contributed by atoms with Crippen molar-refractivity contribution in [2.45, 2.75) is 121 Å². The minimum absolute atomic E-state index is 0.0303. The van der Waals surface area contributed by atoms with Gasteiger partial charge in [-0.05, 0) is 49.1 Å². The molecule has 7 rings (SSSR count). The number of nitrogens with zero attached hydrogens (tertiary/aromatic N) is 3. The molecule has 6 atom stereocenters. The first-order valence-corrected chi connectivity index (χ1v) is 21.2. The molecular formula is C45H58N6O8. The standard InChI is InChI=1S/C45H58N6O8/c1-44(2,3)38(27-50-21-13-18-39(50)52)48-43(57)47-33-17-12-7-5-6-11-16-29-25-45(29,42(55)56)49-40(53)36-23-31(26-51(36)41(33)54)59-37-24-34(28-14-9-8-10-15-28)46-35-22-30(58-4)19-20-32(35)37/h8-10,14-15,19-20,22,24,29,31,33,36,38H,5-7,11-13,16-18,21,23,25-27H2,1-4H3,(H,49,53)(H,55,56)(H2,47,48,57)/t29?,31-,33+,36+,38-,45-/m1/s1. The molecule has 4 heterocycles. The van der Waals surface area contributed by atoms with Crippen LogP contribution in [0, 0.1) is 11.3 Å². The zero-order chi connectivity index (χ0) is 41.9. The Morgan fingerprint density at radius 2 is 1.75 bits per heavy atom. The molecule has 0 radical (unpaired) electrons. The number of carbonyl (C=O) groups is 5. The van der Waals surface area contributed by atoms with Gasteiger partial charge in [-0.3, -0.25) is 14.4 Å². The number of urea groups is 1. The van der Waals surface area contributed by atoms with Crippen LogP contribution in [0.15, 0.2) is 54.6 Å². The van der Waals surface area contributed by atoms with E-state index in [-0.39, 0.29) is 30.8 Å². The van der Waals surface area contributed by atoms with Crippen LogP contribution in [0.4, 0.5) is 4.79 Å². The lowest BCUT2D eigenvalue weighted by Gasteiger charge is -2.35. The Kier molecular flexibility index (Phi) is 12.3. The summed E-state index contributed by atoms with van der Waals surface area (Å²) >= 11 is 0. The Bertz CT molecular complexity index is 2050. The minimum Gasteiger partial charge on any atom is -0.497 e. The van der Waals surface area contributed by atoms with Crippen LogP contribution in [0.5, 0.6) is 11.5 Å². The van der Waals surface area contributed by atoms with Crippen LogP contribution in [0.3, 0.4) is 0 Å². The molecule has 3 saturated heterocycles. The number of likely N-dealkylation sites (tertiary alicyclic amines) is 1. The quantitative estimate of drug-likeness (QED) is 0.212. The van der Waals surface area contributed by atoms with Gasteiger partial charge in [0.25, 0.3) is 0 Å². The fourth-order valence-electron chi connectivity index (χ4n) is 8.90. The molecule has 59 heavy (non-hydrogen) atoms. The Balaban J connectivity index is 1.18. The Morgan fingerprint density at radius 3 is 2.44 bits per heavy atom. The second-order valence-corrected chi connectivity index (χ2v) is 17.8. The molecule has 1 aliphatic carbocycles. The molecule has 4 aliphatic rings. The number of rotatable bonds is 9. The molecule has 3 aromatic rings. The molecule has 2 aromatic carbocycles. The molecule has 14 heteroatoms. The molecule has 0 spiro atoms. The van der Waals surface area contributed by atoms with E-state index in [4.69, 9.17) is 14.5 Å². The smallest absolute Gasteiger partial charge is 0.329 e. The second-order valence-electron chi connectivity index (χ2n) is 17.8. The Hall–Kier alpha value is -5.40. The summed E-state index contributed by atoms with van der Waals surface area (Å²) in [4.78, 5) is 76.4. The number of aliphatic carboxylic acids is 1. The summed E-state index contributed by atoms with van der Waals surface area (Å²) in [7, 11) is 1.59. The van der Waals surface area contributed by atoms with E-state index < -0.39 is 53.0 Å². The number of amides is 5. The van der Waals surface area contributed by atoms with Gasteiger partial charge in [-0.15, -0.1) is 0 Å². The fourth-order valence-corrected chi connectivity index (χ4v) is 8.90. The lowest BCUT2D eigenvalue weighted by molar-refractivity contribution is -0.145. The third-order valence-electron chi connectivity index (χ3n) is 12.6. The molecule has 4 fully saturated rings. The topological polar surface area (TPSA) is 180 Å². The number of carboxylic acids is 1. The van der Waals surface area contributed by atoms with Crippen molar-refractivity contribution in [1.29, 1.82) is 0 Å². The number of nitrogens with one attached hydrogen (secondary N) is 3. The molecule has 14 nitrogen and oxygen atoms in total. The number of hydrogen-bond acceptors (Lipinski definition) is 8. The molecule has 0 bridgehead atoms. The molecule has 5 amide bonds. The summed E-state index contributed by atoms with van der Waals surface area (Å²) < 4.78 is 12.2. The maximum Gasteiger partial charge on any atom is 0.329 e. The lowest BCUT2D eigenvalue weighted by atomic mass is 9.86. The van der Waals surface area contributed by atoms with Crippen LogP contribution in [0.2, 0.25) is 0 Å². The van der Waals surface area contributed by atoms with Crippen molar-refractivity contribution >= 4 is 40.6 Å². The summed E-state index contributed by atoms with van der Waals surface area (Å²) in [6, 6.07) is 14.1. The first-order valence-electron chi connectivity index (χ1n) is 21.2. The highest BCUT2D eigenvalue weighted by Gasteiger charge is 2.62. The average molecular weight is 811 g/mol. The van der Waals surface area contributed by atoms with E-state index >= 15 is 0 Å². The molecule has 1 aromatic heterocycles. The number of benzene rings is 2. The molecule has 1 unspecified atom stereocenters. The first kappa shape index (κ1) is 41.7. The zero-order valence-corrected chi connectivity index (χ0v) is 34.6. The van der Waals surface area contributed by atoms with E-state index in [1.165, 1.54) is 4.90 Å². The van der Waals surface area contributed by atoms with Crippen LogP contribution in [0.25, 0.3) is 22.2 Å². The third-order valence-corrected chi connectivity index (χ3v) is 12.6. The Labute approximate surface area is 345 Å². The normalized spacial score (nSPS) is 25.9. The highest BCUT2D eigenvalue weighted by molar-refractivity contribution is 5.96. The van der Waals surface area contributed by atoms with Gasteiger partial charge in [-0.2, -0.15) is 0 Å². The van der Waals surface area contributed by atoms with Gasteiger partial charge in [-0.1, -0.05) is 83.2 Å². The van der Waals surface area contributed by atoms with E-state index in [1.54, 1.807) is 12.0 Å². The van der Waals surface area contributed by atoms with Crippen molar-refractivity contribution in [2.24, 2.45) is 11.3 Å². The summed E-state index contributed by atoms with van der Waals surface area (Å²) in [6.45, 7) is 7.03. The molecule has 3 aliphatic heterocycles. The van der Waals surface area contributed by atoms with Gasteiger partial charge < -0.3 is 40.3 Å². The van der Waals surface area contributed by atoms with Crippen LogP contribution >= 0.6 is 0 Å². The van der Waals surface area contributed by atoms with Gasteiger partial charge in [0.05, 0.1) is 30.9 Å². The molecule has 316 valence electrons. The van der Waals surface area contributed by atoms with Crippen molar-refractivity contribution in [3.05, 3.63) is 54.6 Å². The first-order chi connectivity index (χ1) is 28.3. The lowest BCUT2D eigenvalue weighted by Crippen LogP contribution is -2.59. The predicted octanol–water partition coefficient (Wildman–Crippen LogP) is 5.67. The van der Waals surface area contributed by atoms with Crippen molar-refractivity contribution in [1.82, 2.24) is 30.7 Å². The van der Waals surface area contributed by atoms with E-state index in [9.17, 15) is 29.1 Å². The number of pyridine rings is 1. The van der Waals surface area contributed by atoms with Crippen molar-refractivity contribution in [3.63, 3.8) is 0 Å². The maximum atomic E-state index is 14.8. The number of hydrogen-bond donors (Lipinski definition) is 4. The van der Waals surface area contributed by atoms with Gasteiger partial charge >= 0.3 is 12.0 Å². The number of carbonyl (C=O) groups excluding carboxylic acids is 4. The van der Waals surface area contributed by atoms with Crippen molar-refractivity contribution in [3.8, 4) is 22.8 Å². The van der Waals surface area contributed by atoms with Crippen LogP contribution < -0.4 is 25.4 Å². The highest BCUT2D eigenvalue weighted by atomic mass is 16.5. The minimum atomic E-state index is -1.38. The van der Waals surface area contributed by atoms with E-state index in [2.05, 4.69) is 16.0 Å². The number of carboxylic acid groups (broad SMARTS) is 1. The van der Waals surface area contributed by atoms with Crippen LogP contribution in [-0.2, 0) is 19.2 Å². The van der Waals surface area contributed by atoms with E-state index in [1.807, 2.05) is 75.4 Å². The summed E-state index contributed by atoms with van der Waals surface area (Å²) in [5, 5.41) is 20.0. The number of methoxy groups -OCH3 is 1. The highest BCUT2D eigenvalue weighted by Crippen LogP contribution is 2.47. The molecule has 1 saturated carbocycles. The third kappa shape index (κ3) is 9.42. The zero-order valence-electron chi connectivity index (χ0n) is 34.6. The van der Waals surface area contributed by atoms with Gasteiger partial charge in [0, 0.05) is 49.0 Å². The number of aromatic nitrogens is 1. The summed E-state index contributed by atoms with van der Waals surface area (Å²) in [5.74, 6) is -1.04. The largest absolute Gasteiger partial charge is 0.497 e. The monoisotopic (exact) mass is 810 g/mol. The fraction of sp³-hybridized carbons (Fsp3) is 0.556. The van der Waals surface area contributed by atoms with Gasteiger partial charge in [-0.25, -0.2) is 14.6 Å². The van der Waals surface area contributed by atoms with Crippen molar-refractivity contribution in [2.75, 3.05) is 26.7 Å². The summed E-state index contributed by atoms with van der Waals surface area (Å²) in [6.07, 6.45) is 6.26. The Morgan fingerprint density at radius 1 is 1.00 bits per heavy atom. The maximum absolute atomic E-state index is 14.8. The average Bonchev–Trinajstić information content (AvgIpc) is 3.49. The van der Waals surface area contributed by atoms with E-state index in [0.717, 1.165) is 43.1 Å². The molecular weight excluding hydrogens is 753 g/mol. The molecule has 4 N–H and O–H groups in total. The van der Waals surface area contributed by atoms with Crippen LogP contribution in [-0.4, -0.2) is 106 Å². The van der Waals surface area contributed by atoms with Gasteiger partial charge in [0.2, 0.25) is 17.7 Å². The van der Waals surface area contributed by atoms with Crippen LogP contribution in [0.1, 0.15) is 91.4 Å². The number of fused-ring (bicyclic) bond motifs is 3. The predicted molar refractivity (Wildman–Crippen MR) is 222 cm³/mol. The SMILES string of the molecule is COc1ccc2c(O[C@@H]3C[C@H]4C(=O)N[C@]5(C(=O)O)CC5CCCCCCC[C@H](NC(=O)N[C@H](CN5CCCC5=O)C(C)(C)C)C(=O)N4C3)cc(-c3ccccc3)nc2c1.